The van der Waals surface area contributed by atoms with E-state index in [9.17, 15) is 14.0 Å². The highest BCUT2D eigenvalue weighted by Gasteiger charge is 2.42. The van der Waals surface area contributed by atoms with E-state index >= 15 is 0 Å². The number of halogens is 1. The molecular formula is C23H26FN3O4S. The van der Waals surface area contributed by atoms with Crippen molar-refractivity contribution in [1.82, 2.24) is 9.80 Å². The van der Waals surface area contributed by atoms with Crippen LogP contribution in [0.3, 0.4) is 0 Å². The molecule has 4 rings (SSSR count). The molecule has 1 amide bonds. The first-order valence-electron chi connectivity index (χ1n) is 10.6. The number of esters is 1. The molecule has 1 aromatic rings. The fraction of sp³-hybridized carbons (Fsp3) is 0.435. The molecule has 0 N–H and O–H groups in total. The number of amidine groups is 1. The van der Waals surface area contributed by atoms with E-state index in [2.05, 4.69) is 4.99 Å². The predicted octanol–water partition coefficient (Wildman–Crippen LogP) is 3.60. The summed E-state index contributed by atoms with van der Waals surface area (Å²) < 4.78 is 25.3. The van der Waals surface area contributed by atoms with Crippen molar-refractivity contribution in [3.8, 4) is 0 Å². The summed E-state index contributed by atoms with van der Waals surface area (Å²) in [4.78, 5) is 34.1. The molecule has 170 valence electrons. The van der Waals surface area contributed by atoms with Crippen LogP contribution in [0.15, 0.2) is 51.6 Å². The van der Waals surface area contributed by atoms with E-state index in [1.54, 1.807) is 30.0 Å². The number of nitrogens with zero attached hydrogens (tertiary/aromatic N) is 3. The number of methoxy groups -OCH3 is 1. The Morgan fingerprint density at radius 1 is 1.22 bits per heavy atom. The highest BCUT2D eigenvalue weighted by Crippen LogP contribution is 2.45. The summed E-state index contributed by atoms with van der Waals surface area (Å²) in [7, 11) is 1.52. The number of amides is 1. The molecule has 3 aliphatic rings. The molecule has 0 saturated carbocycles. The van der Waals surface area contributed by atoms with Crippen molar-refractivity contribution in [2.75, 3.05) is 33.4 Å². The number of carbonyl (C=O) groups is 2. The molecule has 1 aromatic carbocycles. The Bertz CT molecular complexity index is 1000. The van der Waals surface area contributed by atoms with Gasteiger partial charge in [-0.15, -0.1) is 0 Å². The van der Waals surface area contributed by atoms with Gasteiger partial charge in [0.2, 0.25) is 5.91 Å². The number of hydrogen-bond acceptors (Lipinski definition) is 7. The first kappa shape index (κ1) is 22.5. The summed E-state index contributed by atoms with van der Waals surface area (Å²) in [5.74, 6) is -0.980. The third-order valence-corrected chi connectivity index (χ3v) is 6.62. The normalized spacial score (nSPS) is 20.3. The van der Waals surface area contributed by atoms with E-state index in [1.807, 2.05) is 10.3 Å². The number of ether oxygens (including phenoxy) is 2. The van der Waals surface area contributed by atoms with Crippen LogP contribution < -0.4 is 0 Å². The fourth-order valence-electron chi connectivity index (χ4n) is 4.15. The third kappa shape index (κ3) is 4.45. The van der Waals surface area contributed by atoms with Crippen LogP contribution in [-0.2, 0) is 19.1 Å². The highest BCUT2D eigenvalue weighted by atomic mass is 32.2. The molecular weight excluding hydrogens is 433 g/mol. The number of fused-ring (bicyclic) bond motifs is 1. The molecule has 7 nitrogen and oxygen atoms in total. The van der Waals surface area contributed by atoms with Crippen molar-refractivity contribution in [3.05, 3.63) is 58.0 Å². The Balaban J connectivity index is 1.69. The maximum Gasteiger partial charge on any atom is 0.338 e. The Kier molecular flexibility index (Phi) is 6.95. The van der Waals surface area contributed by atoms with E-state index in [1.165, 1.54) is 24.9 Å². The minimum Gasteiger partial charge on any atom is -0.460 e. The summed E-state index contributed by atoms with van der Waals surface area (Å²) in [6.07, 6.45) is 2.18. The van der Waals surface area contributed by atoms with E-state index in [0.717, 1.165) is 25.9 Å². The minimum absolute atomic E-state index is 0.0263. The summed E-state index contributed by atoms with van der Waals surface area (Å²) >= 11 is 1.38. The smallest absolute Gasteiger partial charge is 0.338 e. The quantitative estimate of drug-likeness (QED) is 0.458. The van der Waals surface area contributed by atoms with Crippen LogP contribution in [0.25, 0.3) is 0 Å². The number of thioether (sulfide) groups is 1. The van der Waals surface area contributed by atoms with E-state index in [-0.39, 0.29) is 31.1 Å². The number of likely N-dealkylation sites (tertiary alicyclic amines) is 1. The van der Waals surface area contributed by atoms with E-state index < -0.39 is 17.8 Å². The zero-order valence-corrected chi connectivity index (χ0v) is 19.0. The van der Waals surface area contributed by atoms with Gasteiger partial charge in [-0.3, -0.25) is 4.79 Å². The largest absolute Gasteiger partial charge is 0.460 e. The highest BCUT2D eigenvalue weighted by molar-refractivity contribution is 8.16. The Morgan fingerprint density at radius 3 is 2.69 bits per heavy atom. The number of benzene rings is 1. The molecule has 3 heterocycles. The van der Waals surface area contributed by atoms with Crippen molar-refractivity contribution >= 4 is 28.8 Å². The molecule has 9 heteroatoms. The first-order chi connectivity index (χ1) is 15.5. The lowest BCUT2D eigenvalue weighted by atomic mass is 9.93. The topological polar surface area (TPSA) is 71.4 Å². The van der Waals surface area contributed by atoms with E-state index in [4.69, 9.17) is 9.47 Å². The van der Waals surface area contributed by atoms with Crippen LogP contribution in [-0.4, -0.2) is 60.3 Å². The number of allylic oxidation sites excluding steroid dienone is 1. The maximum atomic E-state index is 15.0. The monoisotopic (exact) mass is 459 g/mol. The fourth-order valence-corrected chi connectivity index (χ4v) is 5.11. The van der Waals surface area contributed by atoms with Crippen LogP contribution in [0, 0.1) is 5.82 Å². The Labute approximate surface area is 190 Å². The van der Waals surface area contributed by atoms with Crippen molar-refractivity contribution in [2.24, 2.45) is 4.99 Å². The van der Waals surface area contributed by atoms with Gasteiger partial charge < -0.3 is 19.3 Å². The van der Waals surface area contributed by atoms with Crippen LogP contribution in [0.5, 0.6) is 0 Å². The number of aliphatic imine (C=N–C) groups is 1. The van der Waals surface area contributed by atoms with Crippen LogP contribution in [0.2, 0.25) is 0 Å². The minimum atomic E-state index is -0.772. The molecule has 1 saturated heterocycles. The molecule has 1 unspecified atom stereocenters. The zero-order valence-electron chi connectivity index (χ0n) is 18.2. The van der Waals surface area contributed by atoms with Crippen LogP contribution in [0.4, 0.5) is 4.39 Å². The second-order valence-electron chi connectivity index (χ2n) is 7.81. The van der Waals surface area contributed by atoms with Crippen LogP contribution >= 0.6 is 11.8 Å². The summed E-state index contributed by atoms with van der Waals surface area (Å²) in [6.45, 7) is 3.57. The number of hydrogen-bond donors (Lipinski definition) is 0. The van der Waals surface area contributed by atoms with Crippen LogP contribution in [0.1, 0.15) is 37.8 Å². The summed E-state index contributed by atoms with van der Waals surface area (Å²) in [6, 6.07) is 5.59. The van der Waals surface area contributed by atoms with Crippen molar-refractivity contribution < 1.29 is 23.5 Å². The molecule has 0 spiro atoms. The third-order valence-electron chi connectivity index (χ3n) is 5.73. The second kappa shape index (κ2) is 9.87. The van der Waals surface area contributed by atoms with Gasteiger partial charge in [0.25, 0.3) is 0 Å². The summed E-state index contributed by atoms with van der Waals surface area (Å²) in [5.41, 5.74) is 1.77. The van der Waals surface area contributed by atoms with Gasteiger partial charge in [-0.2, -0.15) is 0 Å². The average Bonchev–Trinajstić information content (AvgIpc) is 3.44. The lowest BCUT2D eigenvalue weighted by molar-refractivity contribution is -0.141. The molecule has 1 fully saturated rings. The van der Waals surface area contributed by atoms with Gasteiger partial charge in [-0.05, 0) is 31.2 Å². The lowest BCUT2D eigenvalue weighted by Crippen LogP contribution is -2.39. The van der Waals surface area contributed by atoms with Crippen molar-refractivity contribution in [2.45, 2.75) is 32.2 Å². The van der Waals surface area contributed by atoms with Gasteiger partial charge in [0.1, 0.15) is 12.4 Å². The van der Waals surface area contributed by atoms with Crippen molar-refractivity contribution in [3.63, 3.8) is 0 Å². The number of carbonyl (C=O) groups excluding carboxylic acids is 2. The van der Waals surface area contributed by atoms with Gasteiger partial charge in [-0.25, -0.2) is 14.2 Å². The Morgan fingerprint density at radius 2 is 1.97 bits per heavy atom. The van der Waals surface area contributed by atoms with E-state index in [0.29, 0.717) is 22.1 Å². The second-order valence-corrected chi connectivity index (χ2v) is 8.64. The van der Waals surface area contributed by atoms with Gasteiger partial charge in [0.05, 0.1) is 30.3 Å². The molecule has 1 atom stereocenters. The summed E-state index contributed by atoms with van der Waals surface area (Å²) in [5, 5.41) is 2.49. The molecule has 0 aliphatic carbocycles. The molecule has 0 radical (unpaired) electrons. The predicted molar refractivity (Wildman–Crippen MR) is 120 cm³/mol. The molecule has 32 heavy (non-hydrogen) atoms. The van der Waals surface area contributed by atoms with Gasteiger partial charge in [-0.1, -0.05) is 30.0 Å². The first-order valence-corrected chi connectivity index (χ1v) is 11.5. The average molecular weight is 460 g/mol. The molecule has 0 aromatic heterocycles. The zero-order chi connectivity index (χ0) is 22.7. The lowest BCUT2D eigenvalue weighted by Gasteiger charge is -2.36. The SMILES string of the molecule is COCCOC(=O)C1=C(C)N=C2SC=C(CC(=O)N3CCCC3)N2C1c1ccccc1F. The maximum absolute atomic E-state index is 15.0. The number of rotatable bonds is 7. The molecule has 3 aliphatic heterocycles. The van der Waals surface area contributed by atoms with Gasteiger partial charge in [0.15, 0.2) is 5.17 Å². The standard InChI is InChI=1S/C23H26FN3O4S/c1-15-20(22(29)31-12-11-30-2)21(17-7-3-4-8-18(17)24)27-16(14-32-23(27)25-15)13-19(28)26-9-5-6-10-26/h3-4,7-8,14,21H,5-6,9-13H2,1-2H3. The van der Waals surface area contributed by atoms with Gasteiger partial charge in [0, 0.05) is 31.5 Å². The van der Waals surface area contributed by atoms with Gasteiger partial charge >= 0.3 is 5.97 Å². The van der Waals surface area contributed by atoms with Crippen molar-refractivity contribution in [1.29, 1.82) is 0 Å². The Hall–Kier alpha value is -2.65. The molecule has 0 bridgehead atoms.